The van der Waals surface area contributed by atoms with Crippen molar-refractivity contribution in [2.45, 2.75) is 43.2 Å². The average molecular weight is 413 g/mol. The lowest BCUT2D eigenvalue weighted by molar-refractivity contribution is -0.145. The molecule has 2 heterocycles. The number of halogens is 1. The van der Waals surface area contributed by atoms with E-state index in [0.717, 1.165) is 16.8 Å². The van der Waals surface area contributed by atoms with Crippen LogP contribution in [-0.4, -0.2) is 32.2 Å². The Kier molecular flexibility index (Phi) is 5.82. The summed E-state index contributed by atoms with van der Waals surface area (Å²) in [6.07, 6.45) is 1.95. The number of ether oxygens (including phenoxy) is 1. The fourth-order valence-corrected chi connectivity index (χ4v) is 4.80. The van der Waals surface area contributed by atoms with Crippen molar-refractivity contribution in [1.82, 2.24) is 9.78 Å². The molecule has 0 amide bonds. The summed E-state index contributed by atoms with van der Waals surface area (Å²) in [5.41, 5.74) is 1.53. The molecule has 0 radical (unpaired) electrons. The Morgan fingerprint density at radius 2 is 1.59 bits per heavy atom. The first-order chi connectivity index (χ1) is 13.5. The topological polar surface area (TPSA) is 75.6 Å². The monoisotopic (exact) mass is 412 g/mol. The van der Waals surface area contributed by atoms with Gasteiger partial charge < -0.3 is 10.2 Å². The van der Waals surface area contributed by atoms with E-state index in [4.69, 9.17) is 16.3 Å². The van der Waals surface area contributed by atoms with Crippen molar-refractivity contribution in [3.8, 4) is 0 Å². The van der Waals surface area contributed by atoms with Gasteiger partial charge >= 0.3 is 5.97 Å². The zero-order chi connectivity index (χ0) is 19.8. The summed E-state index contributed by atoms with van der Waals surface area (Å²) in [6.45, 7) is 4.36. The number of aryl methyl sites for hydroxylation is 1. The molecule has 0 aliphatic carbocycles. The second-order valence-corrected chi connectivity index (χ2v) is 7.95. The highest BCUT2D eigenvalue weighted by Crippen LogP contribution is 2.55. The number of hydrogen-bond acceptors (Lipinski definition) is 3. The SMILES string of the molecule is CCC1(Cl)C(Cn2ccc(C)n2)OC(=O)C1(c1ccccc1)c1ccccc1.O. The molecule has 1 fully saturated rings. The third-order valence-corrected chi connectivity index (χ3v) is 6.54. The van der Waals surface area contributed by atoms with Gasteiger partial charge in [0.05, 0.1) is 12.2 Å². The number of aromatic nitrogens is 2. The molecule has 1 aromatic heterocycles. The van der Waals surface area contributed by atoms with Crippen molar-refractivity contribution in [2.24, 2.45) is 0 Å². The summed E-state index contributed by atoms with van der Waals surface area (Å²) in [7, 11) is 0. The van der Waals surface area contributed by atoms with Gasteiger partial charge in [-0.05, 0) is 30.5 Å². The predicted octanol–water partition coefficient (Wildman–Crippen LogP) is 3.67. The Balaban J connectivity index is 0.00000240. The maximum atomic E-state index is 13.5. The fourth-order valence-electron chi connectivity index (χ4n) is 4.39. The molecular weight excluding hydrogens is 388 g/mol. The molecule has 2 unspecified atom stereocenters. The van der Waals surface area contributed by atoms with E-state index in [1.54, 1.807) is 4.68 Å². The van der Waals surface area contributed by atoms with Crippen LogP contribution in [0.3, 0.4) is 0 Å². The van der Waals surface area contributed by atoms with Gasteiger partial charge in [0.2, 0.25) is 0 Å². The number of hydrogen-bond donors (Lipinski definition) is 0. The number of carbonyl (C=O) groups is 1. The van der Waals surface area contributed by atoms with E-state index in [1.165, 1.54) is 0 Å². The Hall–Kier alpha value is -2.63. The number of alkyl halides is 1. The van der Waals surface area contributed by atoms with Crippen LogP contribution in [0, 0.1) is 6.92 Å². The van der Waals surface area contributed by atoms with Crippen LogP contribution in [0.4, 0.5) is 0 Å². The Morgan fingerprint density at radius 1 is 1.03 bits per heavy atom. The van der Waals surface area contributed by atoms with E-state index < -0.39 is 16.4 Å². The van der Waals surface area contributed by atoms with Crippen molar-refractivity contribution < 1.29 is 15.0 Å². The first-order valence-electron chi connectivity index (χ1n) is 9.53. The van der Waals surface area contributed by atoms with Gasteiger partial charge in [-0.2, -0.15) is 5.10 Å². The molecule has 3 aromatic rings. The highest BCUT2D eigenvalue weighted by Gasteiger charge is 2.68. The largest absolute Gasteiger partial charge is 0.457 e. The van der Waals surface area contributed by atoms with Gasteiger partial charge in [-0.15, -0.1) is 11.6 Å². The third kappa shape index (κ3) is 3.15. The molecule has 2 aromatic carbocycles. The first-order valence-corrected chi connectivity index (χ1v) is 9.91. The van der Waals surface area contributed by atoms with Gasteiger partial charge in [-0.1, -0.05) is 67.6 Å². The molecule has 5 nitrogen and oxygen atoms in total. The first kappa shape index (κ1) is 21.1. The molecule has 0 bridgehead atoms. The van der Waals surface area contributed by atoms with E-state index in [2.05, 4.69) is 5.10 Å². The van der Waals surface area contributed by atoms with Gasteiger partial charge in [-0.25, -0.2) is 0 Å². The van der Waals surface area contributed by atoms with Gasteiger partial charge in [-0.3, -0.25) is 9.48 Å². The molecule has 0 spiro atoms. The molecule has 1 saturated heterocycles. The second-order valence-electron chi connectivity index (χ2n) is 7.27. The summed E-state index contributed by atoms with van der Waals surface area (Å²) in [5.74, 6) is -0.310. The molecule has 152 valence electrons. The normalized spacial score (nSPS) is 22.7. The molecule has 0 saturated carbocycles. The maximum Gasteiger partial charge on any atom is 0.323 e. The maximum absolute atomic E-state index is 13.5. The Morgan fingerprint density at radius 3 is 2.03 bits per heavy atom. The van der Waals surface area contributed by atoms with E-state index in [-0.39, 0.29) is 11.4 Å². The van der Waals surface area contributed by atoms with Crippen molar-refractivity contribution in [3.63, 3.8) is 0 Å². The number of carbonyl (C=O) groups excluding carboxylic acids is 1. The van der Waals surface area contributed by atoms with Gasteiger partial charge in [0.1, 0.15) is 16.4 Å². The quantitative estimate of drug-likeness (QED) is 0.474. The van der Waals surface area contributed by atoms with Crippen LogP contribution < -0.4 is 0 Å². The zero-order valence-corrected chi connectivity index (χ0v) is 17.3. The molecular formula is C23H25ClN2O3. The summed E-state index contributed by atoms with van der Waals surface area (Å²) in [6, 6.07) is 21.4. The van der Waals surface area contributed by atoms with Crippen molar-refractivity contribution in [1.29, 1.82) is 0 Å². The van der Waals surface area contributed by atoms with Crippen LogP contribution in [-0.2, 0) is 21.5 Å². The number of nitrogens with zero attached hydrogens (tertiary/aromatic N) is 2. The van der Waals surface area contributed by atoms with Gasteiger partial charge in [0, 0.05) is 6.20 Å². The van der Waals surface area contributed by atoms with Crippen molar-refractivity contribution in [3.05, 3.63) is 89.7 Å². The lowest BCUT2D eigenvalue weighted by atomic mass is 9.64. The summed E-state index contributed by atoms with van der Waals surface area (Å²) in [5, 5.41) is 4.46. The highest BCUT2D eigenvalue weighted by atomic mass is 35.5. The summed E-state index contributed by atoms with van der Waals surface area (Å²) >= 11 is 7.38. The van der Waals surface area contributed by atoms with E-state index in [9.17, 15) is 4.79 Å². The standard InChI is InChI=1S/C23H23ClN2O2.H2O/c1-3-22(24)20(16-26-15-14-17(2)25-26)28-21(27)23(22,18-10-6-4-7-11-18)19-12-8-5-9-13-19;/h4-15,20H,3,16H2,1-2H3;1H2. The minimum absolute atomic E-state index is 0. The van der Waals surface area contributed by atoms with Crippen LogP contribution in [0.5, 0.6) is 0 Å². The van der Waals surface area contributed by atoms with E-state index in [1.807, 2.05) is 86.8 Å². The lowest BCUT2D eigenvalue weighted by Gasteiger charge is -2.40. The van der Waals surface area contributed by atoms with E-state index >= 15 is 0 Å². The highest BCUT2D eigenvalue weighted by molar-refractivity contribution is 6.29. The Labute approximate surface area is 175 Å². The summed E-state index contributed by atoms with van der Waals surface area (Å²) < 4.78 is 7.77. The molecule has 1 aliphatic rings. The number of rotatable bonds is 5. The molecule has 29 heavy (non-hydrogen) atoms. The second kappa shape index (κ2) is 8.01. The number of esters is 1. The molecule has 1 aliphatic heterocycles. The predicted molar refractivity (Wildman–Crippen MR) is 113 cm³/mol. The van der Waals surface area contributed by atoms with Crippen molar-refractivity contribution in [2.75, 3.05) is 0 Å². The average Bonchev–Trinajstić information content (AvgIpc) is 3.23. The lowest BCUT2D eigenvalue weighted by Crippen LogP contribution is -2.53. The zero-order valence-electron chi connectivity index (χ0n) is 16.5. The summed E-state index contributed by atoms with van der Waals surface area (Å²) in [4.78, 5) is 12.6. The van der Waals surface area contributed by atoms with Crippen LogP contribution in [0.15, 0.2) is 72.9 Å². The Bertz CT molecular complexity index is 935. The van der Waals surface area contributed by atoms with Crippen LogP contribution in [0.25, 0.3) is 0 Å². The fraction of sp³-hybridized carbons (Fsp3) is 0.304. The minimum Gasteiger partial charge on any atom is -0.457 e. The van der Waals surface area contributed by atoms with Crippen LogP contribution in [0.2, 0.25) is 0 Å². The molecule has 6 heteroatoms. The molecule has 2 atom stereocenters. The van der Waals surface area contributed by atoms with Crippen LogP contribution >= 0.6 is 11.6 Å². The molecule has 2 N–H and O–H groups in total. The van der Waals surface area contributed by atoms with Crippen LogP contribution in [0.1, 0.15) is 30.2 Å². The number of benzene rings is 2. The number of cyclic esters (lactones) is 1. The van der Waals surface area contributed by atoms with E-state index in [0.29, 0.717) is 13.0 Å². The minimum atomic E-state index is -1.08. The third-order valence-electron chi connectivity index (χ3n) is 5.74. The van der Waals surface area contributed by atoms with Crippen molar-refractivity contribution >= 4 is 17.6 Å². The smallest absolute Gasteiger partial charge is 0.323 e. The van der Waals surface area contributed by atoms with Gasteiger partial charge in [0.15, 0.2) is 0 Å². The molecule has 4 rings (SSSR count). The van der Waals surface area contributed by atoms with Gasteiger partial charge in [0.25, 0.3) is 0 Å².